The number of urea groups is 1. The lowest BCUT2D eigenvalue weighted by Crippen LogP contribution is -2.50. The number of carbonyl (C=O) groups is 1. The molecule has 0 radical (unpaired) electrons. The zero-order valence-electron chi connectivity index (χ0n) is 19.1. The van der Waals surface area contributed by atoms with Crippen LogP contribution in [0.15, 0.2) is 53.4 Å². The molecule has 2 aromatic rings. The maximum absolute atomic E-state index is 12.7. The molecule has 182 valence electrons. The van der Waals surface area contributed by atoms with Crippen molar-refractivity contribution in [1.82, 2.24) is 10.2 Å². The topological polar surface area (TPSA) is 92.5 Å². The largest absolute Gasteiger partial charge is 0.341 e. The summed E-state index contributed by atoms with van der Waals surface area (Å²) in [4.78, 5) is 14.9. The highest BCUT2D eigenvalue weighted by atomic mass is 35.5. The van der Waals surface area contributed by atoms with Gasteiger partial charge in [-0.2, -0.15) is 0 Å². The lowest BCUT2D eigenvalue weighted by molar-refractivity contribution is 0.137. The summed E-state index contributed by atoms with van der Waals surface area (Å²) in [7, 11) is -1.63. The molecule has 1 aliphatic carbocycles. The van der Waals surface area contributed by atoms with Gasteiger partial charge in [0.05, 0.1) is 4.90 Å². The number of benzene rings is 2. The van der Waals surface area contributed by atoms with Gasteiger partial charge < -0.3 is 16.0 Å². The van der Waals surface area contributed by atoms with Crippen LogP contribution in [0, 0.1) is 0 Å². The summed E-state index contributed by atoms with van der Waals surface area (Å²) in [5.74, 6) is 0. The average molecular weight is 515 g/mol. The van der Waals surface area contributed by atoms with E-state index in [4.69, 9.17) is 17.3 Å². The SMILES string of the molecule is CNC(=O)N(CCc1cccc(S(C)(=O)=O)c1)C1CCC(CN)(c2cccc(Cl)c2)CC1.Cl. The molecule has 33 heavy (non-hydrogen) atoms. The van der Waals surface area contributed by atoms with E-state index in [0.717, 1.165) is 36.8 Å². The Morgan fingerprint density at radius 3 is 2.42 bits per heavy atom. The van der Waals surface area contributed by atoms with Crippen LogP contribution in [-0.2, 0) is 21.7 Å². The monoisotopic (exact) mass is 513 g/mol. The quantitative estimate of drug-likeness (QED) is 0.580. The number of hydrogen-bond donors (Lipinski definition) is 2. The van der Waals surface area contributed by atoms with E-state index in [1.165, 1.54) is 6.26 Å². The highest BCUT2D eigenvalue weighted by molar-refractivity contribution is 7.90. The maximum atomic E-state index is 12.7. The molecule has 0 aliphatic heterocycles. The molecule has 0 saturated heterocycles. The van der Waals surface area contributed by atoms with Crippen molar-refractivity contribution in [2.24, 2.45) is 5.73 Å². The molecule has 0 heterocycles. The van der Waals surface area contributed by atoms with Gasteiger partial charge in [0.15, 0.2) is 9.84 Å². The second-order valence-electron chi connectivity index (χ2n) is 8.64. The normalized spacial score (nSPS) is 20.5. The van der Waals surface area contributed by atoms with Gasteiger partial charge in [0.1, 0.15) is 0 Å². The number of amides is 2. The molecular formula is C24H33Cl2N3O3S. The summed E-state index contributed by atoms with van der Waals surface area (Å²) in [5.41, 5.74) is 8.16. The van der Waals surface area contributed by atoms with E-state index in [2.05, 4.69) is 11.4 Å². The van der Waals surface area contributed by atoms with Crippen molar-refractivity contribution in [2.75, 3.05) is 26.4 Å². The Kier molecular flexibility index (Phi) is 9.61. The molecule has 0 unspecified atom stereocenters. The molecule has 2 aromatic carbocycles. The lowest BCUT2D eigenvalue weighted by Gasteiger charge is -2.43. The van der Waals surface area contributed by atoms with Crippen molar-refractivity contribution in [3.8, 4) is 0 Å². The van der Waals surface area contributed by atoms with Gasteiger partial charge in [-0.15, -0.1) is 12.4 Å². The second-order valence-corrected chi connectivity index (χ2v) is 11.1. The van der Waals surface area contributed by atoms with Gasteiger partial charge in [0.25, 0.3) is 0 Å². The van der Waals surface area contributed by atoms with Crippen molar-refractivity contribution in [2.45, 2.75) is 48.5 Å². The highest BCUT2D eigenvalue weighted by Gasteiger charge is 2.38. The summed E-state index contributed by atoms with van der Waals surface area (Å²) >= 11 is 6.22. The predicted molar refractivity (Wildman–Crippen MR) is 136 cm³/mol. The predicted octanol–water partition coefficient (Wildman–Crippen LogP) is 4.19. The van der Waals surface area contributed by atoms with E-state index in [-0.39, 0.29) is 29.9 Å². The summed E-state index contributed by atoms with van der Waals surface area (Å²) in [6.45, 7) is 1.06. The summed E-state index contributed by atoms with van der Waals surface area (Å²) < 4.78 is 23.7. The first-order valence-electron chi connectivity index (χ1n) is 10.9. The number of hydrogen-bond acceptors (Lipinski definition) is 4. The Hall–Kier alpha value is -1.80. The van der Waals surface area contributed by atoms with Crippen LogP contribution in [0.1, 0.15) is 36.8 Å². The Morgan fingerprint density at radius 1 is 1.18 bits per heavy atom. The van der Waals surface area contributed by atoms with Gasteiger partial charge in [-0.3, -0.25) is 0 Å². The van der Waals surface area contributed by atoms with Crippen LogP contribution in [0.3, 0.4) is 0 Å². The molecule has 0 spiro atoms. The third-order valence-electron chi connectivity index (χ3n) is 6.62. The maximum Gasteiger partial charge on any atom is 0.317 e. The lowest BCUT2D eigenvalue weighted by atomic mass is 9.68. The van der Waals surface area contributed by atoms with Gasteiger partial charge >= 0.3 is 6.03 Å². The zero-order chi connectivity index (χ0) is 23.4. The van der Waals surface area contributed by atoms with E-state index >= 15 is 0 Å². The minimum Gasteiger partial charge on any atom is -0.341 e. The fourth-order valence-corrected chi connectivity index (χ4v) is 5.55. The van der Waals surface area contributed by atoms with Gasteiger partial charge in [-0.1, -0.05) is 35.9 Å². The number of nitrogens with zero attached hydrogens (tertiary/aromatic N) is 1. The van der Waals surface area contributed by atoms with Crippen LogP contribution in [-0.4, -0.2) is 51.8 Å². The van der Waals surface area contributed by atoms with Crippen LogP contribution in [0.25, 0.3) is 0 Å². The van der Waals surface area contributed by atoms with Crippen LogP contribution in [0.5, 0.6) is 0 Å². The van der Waals surface area contributed by atoms with Crippen molar-refractivity contribution in [3.05, 3.63) is 64.7 Å². The molecule has 3 rings (SSSR count). The Bertz CT molecular complexity index is 1050. The fraction of sp³-hybridized carbons (Fsp3) is 0.458. The molecule has 1 aliphatic rings. The van der Waals surface area contributed by atoms with Crippen LogP contribution in [0.2, 0.25) is 5.02 Å². The van der Waals surface area contributed by atoms with Crippen molar-refractivity contribution < 1.29 is 13.2 Å². The number of sulfone groups is 1. The highest BCUT2D eigenvalue weighted by Crippen LogP contribution is 2.40. The minimum absolute atomic E-state index is 0. The third kappa shape index (κ3) is 6.63. The number of carbonyl (C=O) groups excluding carboxylic acids is 1. The van der Waals surface area contributed by atoms with Gasteiger partial charge in [0.2, 0.25) is 0 Å². The zero-order valence-corrected chi connectivity index (χ0v) is 21.5. The van der Waals surface area contributed by atoms with Gasteiger partial charge in [-0.05, 0) is 67.5 Å². The van der Waals surface area contributed by atoms with Crippen molar-refractivity contribution >= 4 is 39.9 Å². The summed E-state index contributed by atoms with van der Waals surface area (Å²) in [6.07, 6.45) is 5.25. The molecule has 9 heteroatoms. The van der Waals surface area contributed by atoms with E-state index in [1.807, 2.05) is 29.2 Å². The molecule has 1 saturated carbocycles. The summed E-state index contributed by atoms with van der Waals surface area (Å²) in [6, 6.07) is 14.8. The average Bonchev–Trinajstić information content (AvgIpc) is 2.79. The molecule has 0 aromatic heterocycles. The van der Waals surface area contributed by atoms with Gasteiger partial charge in [-0.25, -0.2) is 13.2 Å². The molecule has 0 bridgehead atoms. The minimum atomic E-state index is -3.26. The molecule has 2 amide bonds. The standard InChI is InChI=1S/C24H32ClN3O3S.ClH/c1-27-23(29)28(14-11-18-5-3-8-22(15-18)32(2,30)31)21-9-12-24(17-26,13-10-21)19-6-4-7-20(25)16-19;/h3-8,15-16,21H,9-14,17,26H2,1-2H3,(H,27,29);1H. The molecule has 0 atom stereocenters. The molecule has 3 N–H and O–H groups in total. The Morgan fingerprint density at radius 2 is 1.85 bits per heavy atom. The van der Waals surface area contributed by atoms with E-state index in [1.54, 1.807) is 25.2 Å². The van der Waals surface area contributed by atoms with E-state index < -0.39 is 9.84 Å². The first-order valence-corrected chi connectivity index (χ1v) is 13.2. The van der Waals surface area contributed by atoms with Crippen molar-refractivity contribution in [1.29, 1.82) is 0 Å². The van der Waals surface area contributed by atoms with Crippen LogP contribution >= 0.6 is 24.0 Å². The number of nitrogens with one attached hydrogen (secondary N) is 1. The third-order valence-corrected chi connectivity index (χ3v) is 7.97. The molecule has 6 nitrogen and oxygen atoms in total. The fourth-order valence-electron chi connectivity index (χ4n) is 4.67. The number of halogens is 2. The Labute approximate surface area is 208 Å². The number of rotatable bonds is 7. The first-order chi connectivity index (χ1) is 15.2. The molecular weight excluding hydrogens is 481 g/mol. The second kappa shape index (κ2) is 11.6. The van der Waals surface area contributed by atoms with Crippen LogP contribution < -0.4 is 11.1 Å². The Balaban J connectivity index is 0.00000385. The van der Waals surface area contributed by atoms with Crippen LogP contribution in [0.4, 0.5) is 4.79 Å². The van der Waals surface area contributed by atoms with Crippen molar-refractivity contribution in [3.63, 3.8) is 0 Å². The van der Waals surface area contributed by atoms with E-state index in [0.29, 0.717) is 29.4 Å². The molecule has 1 fully saturated rings. The number of nitrogens with two attached hydrogens (primary N) is 1. The summed E-state index contributed by atoms with van der Waals surface area (Å²) in [5, 5.41) is 3.47. The van der Waals surface area contributed by atoms with E-state index in [9.17, 15) is 13.2 Å². The smallest absolute Gasteiger partial charge is 0.317 e. The van der Waals surface area contributed by atoms with Gasteiger partial charge in [0, 0.05) is 42.9 Å². The first kappa shape index (κ1) is 27.4.